The second-order valence-corrected chi connectivity index (χ2v) is 12.9. The summed E-state index contributed by atoms with van der Waals surface area (Å²) in [6.07, 6.45) is 34.5. The smallest absolute Gasteiger partial charge is 0.550 e. The molecule has 0 aliphatic carbocycles. The van der Waals surface area contributed by atoms with Gasteiger partial charge in [-0.2, -0.15) is 0 Å². The van der Waals surface area contributed by atoms with Gasteiger partial charge in [-0.15, -0.1) is 0 Å². The van der Waals surface area contributed by atoms with Gasteiger partial charge in [-0.05, 0) is 51.4 Å². The number of unbranched alkanes of at least 4 members (excludes halogenated alkanes) is 18. The van der Waals surface area contributed by atoms with Crippen LogP contribution in [0.15, 0.2) is 0 Å². The first-order valence-electron chi connectivity index (χ1n) is 18.2. The van der Waals surface area contributed by atoms with Gasteiger partial charge in [-0.3, -0.25) is 0 Å². The monoisotopic (exact) mass is 642 g/mol. The van der Waals surface area contributed by atoms with Gasteiger partial charge in [0.2, 0.25) is 0 Å². The van der Waals surface area contributed by atoms with Gasteiger partial charge in [-0.25, -0.2) is 0 Å². The number of hydrogen-bond donors (Lipinski definition) is 0. The number of aliphatic carboxylic acids is 2. The van der Waals surface area contributed by atoms with Gasteiger partial charge in [0, 0.05) is 11.9 Å². The second-order valence-electron chi connectivity index (χ2n) is 12.9. The van der Waals surface area contributed by atoms with Gasteiger partial charge >= 0.3 is 21.7 Å². The van der Waals surface area contributed by atoms with Gasteiger partial charge in [0.05, 0.1) is 24.4 Å². The van der Waals surface area contributed by atoms with E-state index in [4.69, 9.17) is 9.47 Å². The van der Waals surface area contributed by atoms with E-state index in [9.17, 15) is 19.8 Å². The quantitative estimate of drug-likeness (QED) is 0.0447. The predicted octanol–water partition coefficient (Wildman–Crippen LogP) is 7.97. The van der Waals surface area contributed by atoms with Gasteiger partial charge < -0.3 is 29.3 Å². The van der Waals surface area contributed by atoms with Crippen molar-refractivity contribution in [1.29, 1.82) is 0 Å². The molecule has 7 heteroatoms. The van der Waals surface area contributed by atoms with Crippen molar-refractivity contribution in [2.24, 2.45) is 0 Å². The molecule has 0 saturated carbocycles. The van der Waals surface area contributed by atoms with E-state index < -0.39 is 11.9 Å². The third-order valence-electron chi connectivity index (χ3n) is 8.80. The van der Waals surface area contributed by atoms with Gasteiger partial charge in [0.15, 0.2) is 0 Å². The normalized spacial score (nSPS) is 20.1. The molecule has 4 atom stereocenters. The van der Waals surface area contributed by atoms with Crippen molar-refractivity contribution >= 4 is 11.9 Å². The zero-order valence-corrected chi connectivity index (χ0v) is 29.6. The number of carbonyl (C=O) groups is 2. The minimum atomic E-state index is -0.918. The maximum absolute atomic E-state index is 10.3. The van der Waals surface area contributed by atoms with E-state index in [0.29, 0.717) is 24.4 Å². The van der Waals surface area contributed by atoms with Crippen LogP contribution in [-0.4, -0.2) is 36.4 Å². The Balaban J connectivity index is 0.000000802. The summed E-state index contributed by atoms with van der Waals surface area (Å²) < 4.78 is 11.4. The summed E-state index contributed by atoms with van der Waals surface area (Å²) in [7, 11) is 0. The van der Waals surface area contributed by atoms with Crippen LogP contribution in [0.1, 0.15) is 194 Å². The van der Waals surface area contributed by atoms with Crippen LogP contribution in [0.5, 0.6) is 0 Å². The van der Waals surface area contributed by atoms with E-state index in [2.05, 4.69) is 13.8 Å². The molecule has 0 bridgehead atoms. The number of rotatable bonds is 30. The molecular weight excluding hydrogens is 576 g/mol. The van der Waals surface area contributed by atoms with E-state index in [1.807, 2.05) is 0 Å². The number of epoxide rings is 2. The molecule has 0 aromatic heterocycles. The van der Waals surface area contributed by atoms with E-state index in [-0.39, 0.29) is 34.6 Å². The molecule has 2 rings (SSSR count). The van der Waals surface area contributed by atoms with Gasteiger partial charge in [0.25, 0.3) is 0 Å². The molecule has 0 spiro atoms. The Bertz CT molecular complexity index is 591. The van der Waals surface area contributed by atoms with Crippen molar-refractivity contribution < 1.29 is 51.0 Å². The summed E-state index contributed by atoms with van der Waals surface area (Å²) in [6.45, 7) is 4.51. The number of carboxylic acids is 2. The molecular formula is C36H66O6Ti. The Kier molecular flexibility index (Phi) is 29.9. The fourth-order valence-corrected chi connectivity index (χ4v) is 5.92. The minimum absolute atomic E-state index is 0. The van der Waals surface area contributed by atoms with Crippen molar-refractivity contribution in [3.63, 3.8) is 0 Å². The SMILES string of the molecule is CCCCCCCCC1OC1CCCCCCCC(=O)[O-].CCCCCCCCC1OC1CCCCCCCC(=O)[O-].[Ti+2]. The molecule has 2 saturated heterocycles. The van der Waals surface area contributed by atoms with Crippen LogP contribution in [0, 0.1) is 0 Å². The molecule has 0 aromatic carbocycles. The molecule has 2 aliphatic rings. The van der Waals surface area contributed by atoms with E-state index >= 15 is 0 Å². The average Bonchev–Trinajstić information content (AvgIpc) is 3.89. The largest absolute Gasteiger partial charge is 2.00 e. The summed E-state index contributed by atoms with van der Waals surface area (Å²) >= 11 is 0. The Morgan fingerprint density at radius 3 is 0.907 bits per heavy atom. The number of ether oxygens (including phenoxy) is 2. The molecule has 2 fully saturated rings. The van der Waals surface area contributed by atoms with Crippen LogP contribution < -0.4 is 10.2 Å². The fourth-order valence-electron chi connectivity index (χ4n) is 5.92. The Morgan fingerprint density at radius 2 is 0.651 bits per heavy atom. The topological polar surface area (TPSA) is 105 Å². The molecule has 0 amide bonds. The molecule has 43 heavy (non-hydrogen) atoms. The molecule has 2 aliphatic heterocycles. The summed E-state index contributed by atoms with van der Waals surface area (Å²) in [4.78, 5) is 20.5. The summed E-state index contributed by atoms with van der Waals surface area (Å²) in [5.74, 6) is -1.84. The van der Waals surface area contributed by atoms with Crippen LogP contribution in [0.25, 0.3) is 0 Å². The van der Waals surface area contributed by atoms with E-state index in [0.717, 1.165) is 38.5 Å². The van der Waals surface area contributed by atoms with Crippen LogP contribution in [0.4, 0.5) is 0 Å². The first-order valence-corrected chi connectivity index (χ1v) is 18.2. The molecule has 2 heterocycles. The van der Waals surface area contributed by atoms with Crippen molar-refractivity contribution in [3.05, 3.63) is 0 Å². The molecule has 0 radical (unpaired) electrons. The van der Waals surface area contributed by atoms with Crippen LogP contribution in [0.2, 0.25) is 0 Å². The summed E-state index contributed by atoms with van der Waals surface area (Å²) in [5.41, 5.74) is 0. The first kappa shape index (κ1) is 42.6. The third-order valence-corrected chi connectivity index (χ3v) is 8.80. The number of carbonyl (C=O) groups excluding carboxylic acids is 2. The third kappa shape index (κ3) is 28.8. The molecule has 0 N–H and O–H groups in total. The van der Waals surface area contributed by atoms with Crippen molar-refractivity contribution in [2.75, 3.05) is 0 Å². The predicted molar refractivity (Wildman–Crippen MR) is 168 cm³/mol. The zero-order valence-electron chi connectivity index (χ0n) is 28.1. The Hall–Kier alpha value is -0.426. The van der Waals surface area contributed by atoms with E-state index in [1.165, 1.54) is 128 Å². The van der Waals surface area contributed by atoms with Gasteiger partial charge in [0.1, 0.15) is 0 Å². The molecule has 250 valence electrons. The molecule has 6 nitrogen and oxygen atoms in total. The average molecular weight is 643 g/mol. The van der Waals surface area contributed by atoms with Crippen molar-refractivity contribution in [1.82, 2.24) is 0 Å². The van der Waals surface area contributed by atoms with Gasteiger partial charge in [-0.1, -0.05) is 142 Å². The summed E-state index contributed by atoms with van der Waals surface area (Å²) in [6, 6.07) is 0. The maximum atomic E-state index is 10.3. The van der Waals surface area contributed by atoms with Crippen LogP contribution in [0.3, 0.4) is 0 Å². The fraction of sp³-hybridized carbons (Fsp3) is 0.944. The minimum Gasteiger partial charge on any atom is -0.550 e. The number of carboxylic acid groups (broad SMARTS) is 2. The van der Waals surface area contributed by atoms with E-state index in [1.54, 1.807) is 0 Å². The number of hydrogen-bond acceptors (Lipinski definition) is 6. The Labute approximate surface area is 280 Å². The van der Waals surface area contributed by atoms with Crippen molar-refractivity contribution in [3.8, 4) is 0 Å². The second kappa shape index (κ2) is 30.2. The molecule has 0 aromatic rings. The maximum Gasteiger partial charge on any atom is 2.00 e. The van der Waals surface area contributed by atoms with Crippen molar-refractivity contribution in [2.45, 2.75) is 218 Å². The molecule has 4 unspecified atom stereocenters. The zero-order chi connectivity index (χ0) is 30.7. The Morgan fingerprint density at radius 1 is 0.419 bits per heavy atom. The van der Waals surface area contributed by atoms with Crippen LogP contribution >= 0.6 is 0 Å². The first-order chi connectivity index (χ1) is 20.5. The van der Waals surface area contributed by atoms with Crippen LogP contribution in [-0.2, 0) is 40.8 Å². The summed E-state index contributed by atoms with van der Waals surface area (Å²) in [5, 5.41) is 20.5. The standard InChI is InChI=1S/2C18H34O3.Ti/c2*1-2-3-4-5-7-10-13-16-17(21-16)14-11-8-6-9-12-15-18(19)20;/h2*16-17H,2-15H2,1H3,(H,19,20);/q;;+2/p-2.